The van der Waals surface area contributed by atoms with Crippen molar-refractivity contribution in [2.45, 2.75) is 32.0 Å². The predicted octanol–water partition coefficient (Wildman–Crippen LogP) is 2.14. The van der Waals surface area contributed by atoms with E-state index in [1.54, 1.807) is 7.11 Å². The van der Waals surface area contributed by atoms with Crippen molar-refractivity contribution < 1.29 is 9.84 Å². The Hall–Kier alpha value is -0.900. The minimum Gasteiger partial charge on any atom is -0.387 e. The molecule has 3 heteroatoms. The van der Waals surface area contributed by atoms with Crippen molar-refractivity contribution >= 4 is 0 Å². The van der Waals surface area contributed by atoms with Gasteiger partial charge in [0.15, 0.2) is 0 Å². The molecule has 1 saturated heterocycles. The third-order valence-electron chi connectivity index (χ3n) is 3.76. The summed E-state index contributed by atoms with van der Waals surface area (Å²) in [5.41, 5.74) is 2.24. The van der Waals surface area contributed by atoms with Crippen molar-refractivity contribution in [2.24, 2.45) is 0 Å². The van der Waals surface area contributed by atoms with Crippen LogP contribution in [0.1, 0.15) is 30.1 Å². The average Bonchev–Trinajstić information content (AvgIpc) is 2.40. The minimum absolute atomic E-state index is 0.385. The highest BCUT2D eigenvalue weighted by Crippen LogP contribution is 2.19. The van der Waals surface area contributed by atoms with Crippen LogP contribution in [0.25, 0.3) is 0 Å². The van der Waals surface area contributed by atoms with E-state index >= 15 is 0 Å². The van der Waals surface area contributed by atoms with Crippen molar-refractivity contribution in [3.05, 3.63) is 35.4 Å². The molecule has 0 spiro atoms. The molecule has 100 valence electrons. The zero-order chi connectivity index (χ0) is 13.0. The van der Waals surface area contributed by atoms with Crippen LogP contribution in [0, 0.1) is 6.92 Å². The smallest absolute Gasteiger partial charge is 0.0916 e. The van der Waals surface area contributed by atoms with Gasteiger partial charge in [0.1, 0.15) is 0 Å². The summed E-state index contributed by atoms with van der Waals surface area (Å²) in [4.78, 5) is 2.32. The van der Waals surface area contributed by atoms with E-state index in [9.17, 15) is 5.11 Å². The SMILES string of the molecule is COC1CCN(CC(O)c2ccc(C)cc2)CC1. The average molecular weight is 249 g/mol. The van der Waals surface area contributed by atoms with Crippen LogP contribution in [0.3, 0.4) is 0 Å². The van der Waals surface area contributed by atoms with Crippen molar-refractivity contribution in [2.75, 3.05) is 26.7 Å². The molecule has 0 amide bonds. The molecule has 1 heterocycles. The monoisotopic (exact) mass is 249 g/mol. The van der Waals surface area contributed by atoms with Crippen LogP contribution in [-0.2, 0) is 4.74 Å². The quantitative estimate of drug-likeness (QED) is 0.887. The number of hydrogen-bond acceptors (Lipinski definition) is 3. The fourth-order valence-electron chi connectivity index (χ4n) is 2.47. The summed E-state index contributed by atoms with van der Waals surface area (Å²) >= 11 is 0. The zero-order valence-electron chi connectivity index (χ0n) is 11.3. The number of piperidine rings is 1. The number of aliphatic hydroxyl groups excluding tert-OH is 1. The lowest BCUT2D eigenvalue weighted by atomic mass is 10.0. The van der Waals surface area contributed by atoms with Gasteiger partial charge in [0, 0.05) is 26.7 Å². The number of benzene rings is 1. The number of hydrogen-bond donors (Lipinski definition) is 1. The highest BCUT2D eigenvalue weighted by atomic mass is 16.5. The summed E-state index contributed by atoms with van der Waals surface area (Å²) in [5.74, 6) is 0. The zero-order valence-corrected chi connectivity index (χ0v) is 11.3. The molecule has 1 N–H and O–H groups in total. The Labute approximate surface area is 109 Å². The van der Waals surface area contributed by atoms with Gasteiger partial charge in [-0.1, -0.05) is 29.8 Å². The van der Waals surface area contributed by atoms with Crippen LogP contribution >= 0.6 is 0 Å². The second kappa shape index (κ2) is 6.32. The highest BCUT2D eigenvalue weighted by molar-refractivity contribution is 5.23. The van der Waals surface area contributed by atoms with E-state index in [0.29, 0.717) is 6.10 Å². The van der Waals surface area contributed by atoms with E-state index in [2.05, 4.69) is 24.0 Å². The van der Waals surface area contributed by atoms with Gasteiger partial charge >= 0.3 is 0 Å². The Bertz CT molecular complexity index is 355. The third kappa shape index (κ3) is 3.55. The van der Waals surface area contributed by atoms with Crippen LogP contribution < -0.4 is 0 Å². The molecule has 3 nitrogen and oxygen atoms in total. The molecule has 1 aromatic carbocycles. The number of aryl methyl sites for hydroxylation is 1. The van der Waals surface area contributed by atoms with Gasteiger partial charge in [-0.3, -0.25) is 0 Å². The molecule has 1 aliphatic rings. The van der Waals surface area contributed by atoms with Crippen molar-refractivity contribution in [3.8, 4) is 0 Å². The molecule has 0 saturated carbocycles. The summed E-state index contributed by atoms with van der Waals surface area (Å²) in [7, 11) is 1.78. The van der Waals surface area contributed by atoms with Crippen LogP contribution in [-0.4, -0.2) is 42.9 Å². The first kappa shape index (κ1) is 13.5. The molecule has 0 aromatic heterocycles. The normalized spacial score (nSPS) is 19.9. The Morgan fingerprint density at radius 3 is 2.44 bits per heavy atom. The first-order valence-electron chi connectivity index (χ1n) is 6.69. The number of methoxy groups -OCH3 is 1. The van der Waals surface area contributed by atoms with Crippen LogP contribution in [0.2, 0.25) is 0 Å². The van der Waals surface area contributed by atoms with Gasteiger partial charge in [-0.15, -0.1) is 0 Å². The maximum absolute atomic E-state index is 10.2. The predicted molar refractivity (Wildman–Crippen MR) is 72.6 cm³/mol. The van der Waals surface area contributed by atoms with Crippen LogP contribution in [0.4, 0.5) is 0 Å². The number of likely N-dealkylation sites (tertiary alicyclic amines) is 1. The van der Waals surface area contributed by atoms with Gasteiger partial charge in [-0.05, 0) is 25.3 Å². The summed E-state index contributed by atoms with van der Waals surface area (Å²) in [6.45, 7) is 4.81. The number of β-amino-alcohol motifs (C(OH)–C–C–N with tert-alkyl or cyclic N) is 1. The first-order chi connectivity index (χ1) is 8.69. The fourth-order valence-corrected chi connectivity index (χ4v) is 2.47. The van der Waals surface area contributed by atoms with E-state index in [1.807, 2.05) is 12.1 Å². The van der Waals surface area contributed by atoms with Crippen molar-refractivity contribution in [1.29, 1.82) is 0 Å². The van der Waals surface area contributed by atoms with E-state index < -0.39 is 0 Å². The maximum Gasteiger partial charge on any atom is 0.0916 e. The van der Waals surface area contributed by atoms with Gasteiger partial charge < -0.3 is 14.7 Å². The third-order valence-corrected chi connectivity index (χ3v) is 3.76. The molecule has 1 fully saturated rings. The van der Waals surface area contributed by atoms with Gasteiger partial charge in [0.2, 0.25) is 0 Å². The lowest BCUT2D eigenvalue weighted by Crippen LogP contribution is -2.38. The molecule has 0 bridgehead atoms. The molecular weight excluding hydrogens is 226 g/mol. The highest BCUT2D eigenvalue weighted by Gasteiger charge is 2.21. The second-order valence-electron chi connectivity index (χ2n) is 5.16. The molecule has 1 aliphatic heterocycles. The molecule has 0 aliphatic carbocycles. The standard InChI is InChI=1S/C15H23NO2/c1-12-3-5-13(6-4-12)15(17)11-16-9-7-14(18-2)8-10-16/h3-6,14-15,17H,7-11H2,1-2H3. The maximum atomic E-state index is 10.2. The number of rotatable bonds is 4. The summed E-state index contributed by atoms with van der Waals surface area (Å²) in [5, 5.41) is 10.2. The second-order valence-corrected chi connectivity index (χ2v) is 5.16. The summed E-state index contributed by atoms with van der Waals surface area (Å²) < 4.78 is 5.35. The Balaban J connectivity index is 1.84. The molecule has 1 atom stereocenters. The van der Waals surface area contributed by atoms with Crippen LogP contribution in [0.5, 0.6) is 0 Å². The molecule has 1 unspecified atom stereocenters. The molecule has 1 aromatic rings. The topological polar surface area (TPSA) is 32.7 Å². The van der Waals surface area contributed by atoms with E-state index in [4.69, 9.17) is 4.74 Å². The van der Waals surface area contributed by atoms with Gasteiger partial charge in [-0.25, -0.2) is 0 Å². The molecule has 0 radical (unpaired) electrons. The number of ether oxygens (including phenoxy) is 1. The van der Waals surface area contributed by atoms with E-state index in [1.165, 1.54) is 5.56 Å². The minimum atomic E-state index is -0.385. The van der Waals surface area contributed by atoms with E-state index in [-0.39, 0.29) is 6.10 Å². The van der Waals surface area contributed by atoms with Gasteiger partial charge in [0.25, 0.3) is 0 Å². The fraction of sp³-hybridized carbons (Fsp3) is 0.600. The molecular formula is C15H23NO2. The lowest BCUT2D eigenvalue weighted by molar-refractivity contribution is 0.0242. The lowest BCUT2D eigenvalue weighted by Gasteiger charge is -2.32. The van der Waals surface area contributed by atoms with Crippen LogP contribution in [0.15, 0.2) is 24.3 Å². The summed E-state index contributed by atoms with van der Waals surface area (Å²) in [6, 6.07) is 8.13. The number of aliphatic hydroxyl groups is 1. The first-order valence-corrected chi connectivity index (χ1v) is 6.69. The van der Waals surface area contributed by atoms with Crippen molar-refractivity contribution in [1.82, 2.24) is 4.90 Å². The summed E-state index contributed by atoms with van der Waals surface area (Å²) in [6.07, 6.45) is 2.15. The molecule has 18 heavy (non-hydrogen) atoms. The van der Waals surface area contributed by atoms with Gasteiger partial charge in [-0.2, -0.15) is 0 Å². The molecule has 2 rings (SSSR count). The Morgan fingerprint density at radius 1 is 1.28 bits per heavy atom. The van der Waals surface area contributed by atoms with Gasteiger partial charge in [0.05, 0.1) is 12.2 Å². The number of nitrogens with zero attached hydrogens (tertiary/aromatic N) is 1. The Morgan fingerprint density at radius 2 is 1.89 bits per heavy atom. The largest absolute Gasteiger partial charge is 0.387 e. The van der Waals surface area contributed by atoms with Crippen molar-refractivity contribution in [3.63, 3.8) is 0 Å². The Kier molecular flexibility index (Phi) is 4.75. The van der Waals surface area contributed by atoms with E-state index in [0.717, 1.165) is 38.0 Å².